The first-order valence-electron chi connectivity index (χ1n) is 7.90. The van der Waals surface area contributed by atoms with Gasteiger partial charge in [-0.25, -0.2) is 4.52 Å². The van der Waals surface area contributed by atoms with Crippen molar-refractivity contribution in [2.24, 2.45) is 0 Å². The lowest BCUT2D eigenvalue weighted by atomic mass is 10.1. The Morgan fingerprint density at radius 1 is 1.27 bits per heavy atom. The molecule has 7 nitrogen and oxygen atoms in total. The van der Waals surface area contributed by atoms with Crippen LogP contribution in [0.5, 0.6) is 5.75 Å². The third-order valence-corrected chi connectivity index (χ3v) is 4.83. The van der Waals surface area contributed by atoms with E-state index in [-0.39, 0.29) is 16.9 Å². The number of halogens is 1. The zero-order valence-corrected chi connectivity index (χ0v) is 15.1. The predicted octanol–water partition coefficient (Wildman–Crippen LogP) is 3.41. The minimum absolute atomic E-state index is 0.106. The highest BCUT2D eigenvalue weighted by atomic mass is 35.5. The molecule has 0 saturated carbocycles. The molecule has 0 spiro atoms. The van der Waals surface area contributed by atoms with Gasteiger partial charge in [-0.3, -0.25) is 4.57 Å². The molecule has 0 aliphatic carbocycles. The maximum absolute atomic E-state index is 10.2. The topological polar surface area (TPSA) is 105 Å². The van der Waals surface area contributed by atoms with Crippen LogP contribution in [-0.2, 0) is 0 Å². The van der Waals surface area contributed by atoms with Crippen LogP contribution in [0.25, 0.3) is 22.2 Å². The molecule has 0 atom stereocenters. The molecule has 4 rings (SSSR count). The number of nitrogen functional groups attached to an aromatic ring is 1. The SMILES string of the molecule is Cc1ccc(O)c(C)c1-n1c(N)c(C#N)c2cc(C)n3nc(Cl)nc3c21. The second-order valence-electron chi connectivity index (χ2n) is 6.25. The predicted molar refractivity (Wildman–Crippen MR) is 99.8 cm³/mol. The van der Waals surface area contributed by atoms with Gasteiger partial charge in [0.2, 0.25) is 5.28 Å². The van der Waals surface area contributed by atoms with Gasteiger partial charge in [0.05, 0.1) is 5.69 Å². The van der Waals surface area contributed by atoms with Crippen LogP contribution in [0.4, 0.5) is 5.82 Å². The molecule has 0 aliphatic rings. The van der Waals surface area contributed by atoms with E-state index in [4.69, 9.17) is 17.3 Å². The monoisotopic (exact) mass is 366 g/mol. The lowest BCUT2D eigenvalue weighted by Crippen LogP contribution is -2.06. The molecular weight excluding hydrogens is 352 g/mol. The summed E-state index contributed by atoms with van der Waals surface area (Å²) in [7, 11) is 0. The third kappa shape index (κ3) is 1.99. The number of anilines is 1. The molecule has 0 fully saturated rings. The summed E-state index contributed by atoms with van der Waals surface area (Å²) < 4.78 is 3.37. The number of nitrogens with two attached hydrogens (primary N) is 1. The number of rotatable bonds is 1. The van der Waals surface area contributed by atoms with E-state index in [2.05, 4.69) is 16.2 Å². The molecule has 3 heterocycles. The van der Waals surface area contributed by atoms with Crippen LogP contribution < -0.4 is 5.73 Å². The number of benzene rings is 1. The highest BCUT2D eigenvalue weighted by Gasteiger charge is 2.24. The number of pyridine rings is 1. The Labute approximate surface area is 153 Å². The number of aromatic nitrogens is 4. The van der Waals surface area contributed by atoms with Crippen molar-refractivity contribution in [2.75, 3.05) is 5.73 Å². The van der Waals surface area contributed by atoms with E-state index in [1.54, 1.807) is 28.1 Å². The van der Waals surface area contributed by atoms with Gasteiger partial charge in [-0.05, 0) is 50.1 Å². The summed E-state index contributed by atoms with van der Waals surface area (Å²) in [4.78, 5) is 4.33. The van der Waals surface area contributed by atoms with Gasteiger partial charge in [0.1, 0.15) is 28.7 Å². The van der Waals surface area contributed by atoms with E-state index in [1.165, 1.54) is 0 Å². The molecule has 26 heavy (non-hydrogen) atoms. The summed E-state index contributed by atoms with van der Waals surface area (Å²) in [5.74, 6) is 0.430. The van der Waals surface area contributed by atoms with E-state index < -0.39 is 0 Å². The lowest BCUT2D eigenvalue weighted by molar-refractivity contribution is 0.470. The fraction of sp³-hybridized carbons (Fsp3) is 0.167. The second-order valence-corrected chi connectivity index (χ2v) is 6.58. The molecule has 130 valence electrons. The highest BCUT2D eigenvalue weighted by Crippen LogP contribution is 2.38. The summed E-state index contributed by atoms with van der Waals surface area (Å²) in [6, 6.07) is 7.46. The smallest absolute Gasteiger partial charge is 0.243 e. The van der Waals surface area contributed by atoms with Gasteiger partial charge < -0.3 is 10.8 Å². The van der Waals surface area contributed by atoms with Crippen molar-refractivity contribution in [1.29, 1.82) is 5.26 Å². The highest BCUT2D eigenvalue weighted by molar-refractivity contribution is 6.28. The standard InChI is InChI=1S/C18H15ClN6O/c1-8-4-5-13(26)10(3)14(8)24-15-11(12(7-20)16(24)21)6-9(2)25-17(15)22-18(19)23-25/h4-6,26H,21H2,1-3H3. The summed E-state index contributed by atoms with van der Waals surface area (Å²) in [6.07, 6.45) is 0. The van der Waals surface area contributed by atoms with Crippen LogP contribution in [0.1, 0.15) is 22.4 Å². The maximum Gasteiger partial charge on any atom is 0.243 e. The Kier molecular flexibility index (Phi) is 3.36. The summed E-state index contributed by atoms with van der Waals surface area (Å²) in [5, 5.41) is 24.9. The fourth-order valence-corrected chi connectivity index (χ4v) is 3.60. The summed E-state index contributed by atoms with van der Waals surface area (Å²) >= 11 is 6.03. The number of aryl methyl sites for hydroxylation is 2. The van der Waals surface area contributed by atoms with Gasteiger partial charge in [0, 0.05) is 16.6 Å². The van der Waals surface area contributed by atoms with E-state index >= 15 is 0 Å². The molecule has 4 aromatic rings. The summed E-state index contributed by atoms with van der Waals surface area (Å²) in [5.41, 5.74) is 10.9. The molecular formula is C18H15ClN6O. The third-order valence-electron chi connectivity index (χ3n) is 4.67. The molecule has 8 heteroatoms. The average molecular weight is 367 g/mol. The number of aromatic hydroxyl groups is 1. The van der Waals surface area contributed by atoms with E-state index in [1.807, 2.05) is 19.9 Å². The molecule has 3 N–H and O–H groups in total. The normalized spacial score (nSPS) is 11.3. The number of phenols is 1. The molecule has 0 saturated heterocycles. The Morgan fingerprint density at radius 3 is 2.69 bits per heavy atom. The summed E-state index contributed by atoms with van der Waals surface area (Å²) in [6.45, 7) is 5.58. The van der Waals surface area contributed by atoms with Crippen LogP contribution in [0.3, 0.4) is 0 Å². The largest absolute Gasteiger partial charge is 0.508 e. The van der Waals surface area contributed by atoms with Gasteiger partial charge >= 0.3 is 0 Å². The van der Waals surface area contributed by atoms with Crippen molar-refractivity contribution in [2.45, 2.75) is 20.8 Å². The maximum atomic E-state index is 10.2. The molecule has 3 aromatic heterocycles. The van der Waals surface area contributed by atoms with Gasteiger partial charge in [0.25, 0.3) is 0 Å². The zero-order valence-electron chi connectivity index (χ0n) is 14.4. The van der Waals surface area contributed by atoms with Gasteiger partial charge in [0.15, 0.2) is 5.65 Å². The lowest BCUT2D eigenvalue weighted by Gasteiger charge is -2.16. The first-order valence-corrected chi connectivity index (χ1v) is 8.28. The number of nitrogens with zero attached hydrogens (tertiary/aromatic N) is 5. The quantitative estimate of drug-likeness (QED) is 0.537. The van der Waals surface area contributed by atoms with E-state index in [0.717, 1.165) is 11.3 Å². The van der Waals surface area contributed by atoms with E-state index in [0.29, 0.717) is 33.4 Å². The molecule has 0 bridgehead atoms. The molecule has 0 radical (unpaired) electrons. The first kappa shape index (κ1) is 16.2. The molecule has 0 amide bonds. The van der Waals surface area contributed by atoms with Crippen molar-refractivity contribution < 1.29 is 5.11 Å². The van der Waals surface area contributed by atoms with Crippen molar-refractivity contribution in [1.82, 2.24) is 19.2 Å². The fourth-order valence-electron chi connectivity index (χ4n) is 3.45. The van der Waals surface area contributed by atoms with Crippen LogP contribution in [0.2, 0.25) is 5.28 Å². The van der Waals surface area contributed by atoms with Crippen LogP contribution >= 0.6 is 11.6 Å². The number of fused-ring (bicyclic) bond motifs is 3. The second kappa shape index (κ2) is 5.38. The average Bonchev–Trinajstić information content (AvgIpc) is 3.10. The van der Waals surface area contributed by atoms with Crippen LogP contribution in [-0.4, -0.2) is 24.3 Å². The Bertz CT molecular complexity index is 1260. The van der Waals surface area contributed by atoms with Crippen molar-refractivity contribution in [3.05, 3.63) is 45.9 Å². The Hall–Kier alpha value is -3.24. The van der Waals surface area contributed by atoms with Crippen molar-refractivity contribution in [3.63, 3.8) is 0 Å². The van der Waals surface area contributed by atoms with E-state index in [9.17, 15) is 10.4 Å². The minimum atomic E-state index is 0.106. The molecule has 1 aromatic carbocycles. The Balaban J connectivity index is 2.32. The zero-order chi connectivity index (χ0) is 18.7. The molecule has 0 aliphatic heterocycles. The van der Waals surface area contributed by atoms with Gasteiger partial charge in [-0.2, -0.15) is 10.2 Å². The van der Waals surface area contributed by atoms with Crippen molar-refractivity contribution in [3.8, 4) is 17.5 Å². The number of hydrogen-bond acceptors (Lipinski definition) is 5. The molecule has 0 unspecified atom stereocenters. The van der Waals surface area contributed by atoms with Crippen molar-refractivity contribution >= 4 is 34.0 Å². The Morgan fingerprint density at radius 2 is 2.00 bits per heavy atom. The first-order chi connectivity index (χ1) is 12.3. The van der Waals surface area contributed by atoms with Gasteiger partial charge in [-0.1, -0.05) is 6.07 Å². The number of phenolic OH excluding ortho intramolecular Hbond substituents is 1. The van der Waals surface area contributed by atoms with Gasteiger partial charge in [-0.15, -0.1) is 5.10 Å². The minimum Gasteiger partial charge on any atom is -0.508 e. The van der Waals surface area contributed by atoms with Crippen LogP contribution in [0, 0.1) is 32.1 Å². The van der Waals surface area contributed by atoms with Crippen LogP contribution in [0.15, 0.2) is 18.2 Å². The number of nitriles is 1. The number of hydrogen-bond donors (Lipinski definition) is 2.